The highest BCUT2D eigenvalue weighted by Gasteiger charge is 2.55. The number of alkyl halides is 6. The van der Waals surface area contributed by atoms with Gasteiger partial charge in [-0.05, 0) is 54.7 Å². The number of carbonyl (C=O) groups excluding carboxylic acids is 1. The fraction of sp³-hybridized carbons (Fsp3) is 0.409. The van der Waals surface area contributed by atoms with Crippen LogP contribution in [0.4, 0.5) is 32.0 Å². The first-order valence-corrected chi connectivity index (χ1v) is 9.23. The van der Waals surface area contributed by atoms with Crippen molar-refractivity contribution in [2.24, 2.45) is 5.41 Å². The Kier molecular flexibility index (Phi) is 4.80. The van der Waals surface area contributed by atoms with Gasteiger partial charge in [0.05, 0.1) is 16.7 Å². The normalized spacial score (nSPS) is 20.0. The van der Waals surface area contributed by atoms with E-state index in [1.54, 1.807) is 52.8 Å². The third-order valence-corrected chi connectivity index (χ3v) is 5.93. The van der Waals surface area contributed by atoms with Crippen molar-refractivity contribution < 1.29 is 31.1 Å². The van der Waals surface area contributed by atoms with Crippen molar-refractivity contribution in [3.8, 4) is 0 Å². The molecular formula is C22H21F6NO. The molecule has 1 aliphatic rings. The van der Waals surface area contributed by atoms with Crippen LogP contribution >= 0.6 is 0 Å². The van der Waals surface area contributed by atoms with E-state index in [1.807, 2.05) is 0 Å². The van der Waals surface area contributed by atoms with Gasteiger partial charge < -0.3 is 0 Å². The van der Waals surface area contributed by atoms with Gasteiger partial charge in [0.1, 0.15) is 0 Å². The Morgan fingerprint density at radius 1 is 0.867 bits per heavy atom. The highest BCUT2D eigenvalue weighted by molar-refractivity contribution is 6.12. The smallest absolute Gasteiger partial charge is 0.298 e. The summed E-state index contributed by atoms with van der Waals surface area (Å²) >= 11 is 0. The minimum Gasteiger partial charge on any atom is -0.298 e. The molecule has 0 fully saturated rings. The monoisotopic (exact) mass is 429 g/mol. The molecule has 0 bridgehead atoms. The van der Waals surface area contributed by atoms with Crippen molar-refractivity contribution in [1.29, 1.82) is 0 Å². The lowest BCUT2D eigenvalue weighted by molar-refractivity contribution is -0.143. The quantitative estimate of drug-likeness (QED) is 0.449. The number of amides is 1. The average Bonchev–Trinajstić information content (AvgIpc) is 2.82. The Labute approximate surface area is 170 Å². The van der Waals surface area contributed by atoms with Crippen molar-refractivity contribution in [3.05, 3.63) is 64.2 Å². The lowest BCUT2D eigenvalue weighted by Crippen LogP contribution is -2.51. The summed E-state index contributed by atoms with van der Waals surface area (Å²) < 4.78 is 80.4. The van der Waals surface area contributed by atoms with Crippen molar-refractivity contribution in [2.45, 2.75) is 52.5 Å². The number of anilines is 1. The largest absolute Gasteiger partial charge is 0.416 e. The molecule has 0 saturated carbocycles. The number of aryl methyl sites for hydroxylation is 1. The number of hydrogen-bond donors (Lipinski definition) is 0. The van der Waals surface area contributed by atoms with Crippen molar-refractivity contribution in [3.63, 3.8) is 0 Å². The summed E-state index contributed by atoms with van der Waals surface area (Å²) in [5, 5.41) is 0. The second-order valence-electron chi connectivity index (χ2n) is 8.72. The number of nitrogens with zero attached hydrogens (tertiary/aromatic N) is 1. The first kappa shape index (κ1) is 22.2. The zero-order valence-electron chi connectivity index (χ0n) is 17.1. The highest BCUT2D eigenvalue weighted by atomic mass is 19.4. The number of fused-ring (bicyclic) bond motifs is 1. The number of halogens is 6. The van der Waals surface area contributed by atoms with E-state index in [0.29, 0.717) is 17.7 Å². The molecule has 1 unspecified atom stereocenters. The molecule has 2 aromatic carbocycles. The van der Waals surface area contributed by atoms with Crippen molar-refractivity contribution >= 4 is 11.6 Å². The third kappa shape index (κ3) is 3.26. The number of benzene rings is 2. The van der Waals surface area contributed by atoms with Gasteiger partial charge >= 0.3 is 12.4 Å². The molecule has 1 amide bonds. The van der Waals surface area contributed by atoms with Gasteiger partial charge in [0.25, 0.3) is 5.91 Å². The second kappa shape index (κ2) is 6.49. The number of hydrogen-bond acceptors (Lipinski definition) is 1. The molecule has 2 aromatic rings. The standard InChI is InChI=1S/C22H21F6NO/c1-12-7-6-8-16-17(12)20(5,19(2,3)4)29(18(16)30)15-10-13(21(23,24)25)9-14(11-15)22(26,27)28/h6-11H,1-5H3. The van der Waals surface area contributed by atoms with E-state index in [-0.39, 0.29) is 11.6 Å². The van der Waals surface area contributed by atoms with Crippen LogP contribution in [-0.2, 0) is 17.9 Å². The van der Waals surface area contributed by atoms with E-state index in [0.717, 1.165) is 10.5 Å². The lowest BCUT2D eigenvalue weighted by Gasteiger charge is -2.47. The lowest BCUT2D eigenvalue weighted by atomic mass is 9.69. The van der Waals surface area contributed by atoms with E-state index in [4.69, 9.17) is 0 Å². The minimum atomic E-state index is -5.00. The predicted molar refractivity (Wildman–Crippen MR) is 101 cm³/mol. The zero-order chi connectivity index (χ0) is 22.9. The summed E-state index contributed by atoms with van der Waals surface area (Å²) in [6.45, 7) is 8.84. The Hall–Kier alpha value is -2.51. The summed E-state index contributed by atoms with van der Waals surface area (Å²) in [4.78, 5) is 14.4. The van der Waals surface area contributed by atoms with Gasteiger partial charge in [-0.2, -0.15) is 26.3 Å². The van der Waals surface area contributed by atoms with Crippen LogP contribution < -0.4 is 4.90 Å². The Morgan fingerprint density at radius 3 is 1.80 bits per heavy atom. The fourth-order valence-corrected chi connectivity index (χ4v) is 4.08. The molecule has 162 valence electrons. The van der Waals surface area contributed by atoms with Crippen LogP contribution in [0.2, 0.25) is 0 Å². The van der Waals surface area contributed by atoms with Crippen molar-refractivity contribution in [2.75, 3.05) is 4.90 Å². The summed E-state index contributed by atoms with van der Waals surface area (Å²) in [6, 6.07) is 6.25. The first-order valence-electron chi connectivity index (χ1n) is 9.23. The van der Waals surface area contributed by atoms with Crippen LogP contribution in [0.25, 0.3) is 0 Å². The maximum absolute atomic E-state index is 13.4. The third-order valence-electron chi connectivity index (χ3n) is 5.93. The van der Waals surface area contributed by atoms with Crippen LogP contribution in [0.1, 0.15) is 60.3 Å². The molecule has 2 nitrogen and oxygen atoms in total. The molecule has 0 aromatic heterocycles. The summed E-state index contributed by atoms with van der Waals surface area (Å²) in [6.07, 6.45) is -10.0. The van der Waals surface area contributed by atoms with Gasteiger partial charge in [-0.3, -0.25) is 9.69 Å². The molecule has 1 aliphatic heterocycles. The van der Waals surface area contributed by atoms with Crippen LogP contribution in [-0.4, -0.2) is 5.91 Å². The zero-order valence-corrected chi connectivity index (χ0v) is 17.1. The van der Waals surface area contributed by atoms with Crippen LogP contribution in [0.5, 0.6) is 0 Å². The number of carbonyl (C=O) groups is 1. The Bertz CT molecular complexity index is 984. The van der Waals surface area contributed by atoms with E-state index < -0.39 is 46.0 Å². The molecule has 1 heterocycles. The molecule has 8 heteroatoms. The van der Waals surface area contributed by atoms with E-state index >= 15 is 0 Å². The molecule has 0 spiro atoms. The van der Waals surface area contributed by atoms with Gasteiger partial charge in [0.15, 0.2) is 0 Å². The van der Waals surface area contributed by atoms with Crippen molar-refractivity contribution in [1.82, 2.24) is 0 Å². The summed E-state index contributed by atoms with van der Waals surface area (Å²) in [5.74, 6) is -0.626. The van der Waals surface area contributed by atoms with Gasteiger partial charge in [0, 0.05) is 11.3 Å². The van der Waals surface area contributed by atoms with Crippen LogP contribution in [0, 0.1) is 12.3 Å². The van der Waals surface area contributed by atoms with Gasteiger partial charge in [-0.15, -0.1) is 0 Å². The van der Waals surface area contributed by atoms with Gasteiger partial charge in [0.2, 0.25) is 0 Å². The molecule has 0 aliphatic carbocycles. The Morgan fingerprint density at radius 2 is 1.37 bits per heavy atom. The van der Waals surface area contributed by atoms with Gasteiger partial charge in [-0.25, -0.2) is 0 Å². The highest BCUT2D eigenvalue weighted by Crippen LogP contribution is 2.54. The van der Waals surface area contributed by atoms with Crippen LogP contribution in [0.3, 0.4) is 0 Å². The molecule has 0 radical (unpaired) electrons. The number of rotatable bonds is 1. The second-order valence-corrected chi connectivity index (χ2v) is 8.72. The van der Waals surface area contributed by atoms with E-state index in [2.05, 4.69) is 0 Å². The van der Waals surface area contributed by atoms with E-state index in [1.165, 1.54) is 0 Å². The Balaban J connectivity index is 2.37. The minimum absolute atomic E-state index is 0.0663. The summed E-state index contributed by atoms with van der Waals surface area (Å²) in [5.41, 5.74) is -3.59. The average molecular weight is 429 g/mol. The molecule has 1 atom stereocenters. The molecule has 3 rings (SSSR count). The molecular weight excluding hydrogens is 408 g/mol. The first-order chi connectivity index (χ1) is 13.5. The topological polar surface area (TPSA) is 20.3 Å². The van der Waals surface area contributed by atoms with Crippen LogP contribution in [0.15, 0.2) is 36.4 Å². The maximum Gasteiger partial charge on any atom is 0.416 e. The predicted octanol–water partition coefficient (Wildman–Crippen LogP) is 6.95. The SMILES string of the molecule is Cc1cccc2c1C(C)(C(C)(C)C)N(c1cc(C(F)(F)F)cc(C(F)(F)F)c1)C2=O. The van der Waals surface area contributed by atoms with E-state index in [9.17, 15) is 31.1 Å². The fourth-order valence-electron chi connectivity index (χ4n) is 4.08. The molecule has 0 N–H and O–H groups in total. The maximum atomic E-state index is 13.4. The molecule has 30 heavy (non-hydrogen) atoms. The van der Waals surface area contributed by atoms with Gasteiger partial charge in [-0.1, -0.05) is 32.9 Å². The summed E-state index contributed by atoms with van der Waals surface area (Å²) in [7, 11) is 0. The molecule has 0 saturated heterocycles.